The van der Waals surface area contributed by atoms with Crippen LogP contribution in [-0.4, -0.2) is 60.2 Å². The van der Waals surface area contributed by atoms with Crippen molar-refractivity contribution in [3.05, 3.63) is 58.4 Å². The lowest BCUT2D eigenvalue weighted by Crippen LogP contribution is -2.65. The van der Waals surface area contributed by atoms with Gasteiger partial charge < -0.3 is 4.74 Å². The van der Waals surface area contributed by atoms with Crippen LogP contribution in [0.25, 0.3) is 0 Å². The number of nitrogens with zero attached hydrogens (tertiary/aromatic N) is 3. The van der Waals surface area contributed by atoms with Gasteiger partial charge in [0, 0.05) is 35.9 Å². The van der Waals surface area contributed by atoms with Crippen LogP contribution in [0.4, 0.5) is 0 Å². The van der Waals surface area contributed by atoms with E-state index in [0.29, 0.717) is 36.2 Å². The number of methoxy groups -OCH3 is 1. The molecule has 1 saturated heterocycles. The minimum absolute atomic E-state index is 0.122. The molecular formula is C22H23N3O3. The number of carbonyl (C=O) groups excluding carboxylic acids is 2. The van der Waals surface area contributed by atoms with Crippen LogP contribution in [0, 0.1) is 11.3 Å². The fourth-order valence-electron chi connectivity index (χ4n) is 4.75. The molecule has 0 N–H and O–H groups in total. The maximum absolute atomic E-state index is 13.1. The summed E-state index contributed by atoms with van der Waals surface area (Å²) in [6.45, 7) is 2.80. The number of hydrogen-bond donors (Lipinski definition) is 0. The number of rotatable bonds is 3. The van der Waals surface area contributed by atoms with Crippen LogP contribution in [0.2, 0.25) is 0 Å². The number of Topliss-reactive ketones (excluding diaryl/α,β-unsaturated/α-hetero) is 2. The highest BCUT2D eigenvalue weighted by molar-refractivity contribution is 6.25. The number of hydrogen-bond acceptors (Lipinski definition) is 6. The number of allylic oxidation sites excluding steroid dienone is 2. The van der Waals surface area contributed by atoms with E-state index in [1.54, 1.807) is 6.92 Å². The average Bonchev–Trinajstić information content (AvgIpc) is 2.69. The number of piperazine rings is 1. The predicted octanol–water partition coefficient (Wildman–Crippen LogP) is 1.84. The van der Waals surface area contributed by atoms with E-state index in [2.05, 4.69) is 15.9 Å². The maximum Gasteiger partial charge on any atom is 0.225 e. The van der Waals surface area contributed by atoms with Gasteiger partial charge in [0.15, 0.2) is 11.5 Å². The van der Waals surface area contributed by atoms with Crippen LogP contribution in [0.3, 0.4) is 0 Å². The van der Waals surface area contributed by atoms with Crippen molar-refractivity contribution >= 4 is 11.6 Å². The van der Waals surface area contributed by atoms with E-state index in [4.69, 9.17) is 4.74 Å². The number of benzene rings is 1. The largest absolute Gasteiger partial charge is 0.492 e. The molecule has 2 aliphatic heterocycles. The summed E-state index contributed by atoms with van der Waals surface area (Å²) in [6.07, 6.45) is 0.407. The normalized spacial score (nSPS) is 28.3. The SMILES string of the molecule is COC1=C(C)C(=O)C2=C(C1=O)[C@H]1CN(Cc3ccccc3)[C@@H](C#N)[C@H](C2)N1C. The monoisotopic (exact) mass is 377 g/mol. The highest BCUT2D eigenvalue weighted by atomic mass is 16.5. The van der Waals surface area contributed by atoms with E-state index in [-0.39, 0.29) is 35.5 Å². The minimum atomic E-state index is -0.341. The lowest BCUT2D eigenvalue weighted by Gasteiger charge is -2.52. The number of nitriles is 1. The molecule has 1 aliphatic carbocycles. The zero-order valence-corrected chi connectivity index (χ0v) is 16.3. The smallest absolute Gasteiger partial charge is 0.225 e. The molecule has 0 unspecified atom stereocenters. The molecule has 0 radical (unpaired) electrons. The first kappa shape index (κ1) is 18.6. The molecule has 2 heterocycles. The summed E-state index contributed by atoms with van der Waals surface area (Å²) in [6, 6.07) is 11.8. The Hall–Kier alpha value is -2.75. The fourth-order valence-corrected chi connectivity index (χ4v) is 4.75. The molecular weight excluding hydrogens is 354 g/mol. The second kappa shape index (κ2) is 7.01. The van der Waals surface area contributed by atoms with E-state index in [1.165, 1.54) is 7.11 Å². The summed E-state index contributed by atoms with van der Waals surface area (Å²) >= 11 is 0. The summed E-state index contributed by atoms with van der Waals surface area (Å²) in [5.41, 5.74) is 2.60. The third-order valence-corrected chi connectivity index (χ3v) is 6.22. The van der Waals surface area contributed by atoms with Gasteiger partial charge in [-0.3, -0.25) is 19.4 Å². The van der Waals surface area contributed by atoms with Gasteiger partial charge in [-0.25, -0.2) is 0 Å². The molecule has 0 spiro atoms. The fraction of sp³-hybridized carbons (Fsp3) is 0.409. The zero-order valence-electron chi connectivity index (χ0n) is 16.3. The average molecular weight is 377 g/mol. The van der Waals surface area contributed by atoms with E-state index >= 15 is 0 Å². The molecule has 3 atom stereocenters. The Morgan fingerprint density at radius 3 is 2.57 bits per heavy atom. The Balaban J connectivity index is 1.73. The van der Waals surface area contributed by atoms with Gasteiger partial charge in [0.2, 0.25) is 5.78 Å². The first-order valence-electron chi connectivity index (χ1n) is 9.44. The number of ketones is 2. The minimum Gasteiger partial charge on any atom is -0.492 e. The first-order valence-corrected chi connectivity index (χ1v) is 9.44. The summed E-state index contributed by atoms with van der Waals surface area (Å²) in [4.78, 5) is 30.2. The van der Waals surface area contributed by atoms with Gasteiger partial charge in [-0.1, -0.05) is 30.3 Å². The summed E-state index contributed by atoms with van der Waals surface area (Å²) in [5.74, 6) is -0.171. The molecule has 6 heteroatoms. The second-order valence-electron chi connectivity index (χ2n) is 7.65. The Bertz CT molecular complexity index is 942. The van der Waals surface area contributed by atoms with Crippen molar-refractivity contribution in [2.45, 2.75) is 38.0 Å². The number of likely N-dealkylation sites (N-methyl/N-ethyl adjacent to an activating group) is 1. The van der Waals surface area contributed by atoms with Crippen LogP contribution < -0.4 is 0 Å². The molecule has 2 bridgehead atoms. The number of fused-ring (bicyclic) bond motifs is 3. The Morgan fingerprint density at radius 2 is 1.93 bits per heavy atom. The zero-order chi connectivity index (χ0) is 20.0. The van der Waals surface area contributed by atoms with E-state index in [1.807, 2.05) is 37.4 Å². The quantitative estimate of drug-likeness (QED) is 0.749. The Kier molecular flexibility index (Phi) is 4.66. The van der Waals surface area contributed by atoms with Crippen LogP contribution in [-0.2, 0) is 20.9 Å². The van der Waals surface area contributed by atoms with Crippen molar-refractivity contribution in [3.8, 4) is 6.07 Å². The number of carbonyl (C=O) groups is 2. The van der Waals surface area contributed by atoms with Gasteiger partial charge in [0.1, 0.15) is 6.04 Å². The van der Waals surface area contributed by atoms with Gasteiger partial charge in [0.25, 0.3) is 0 Å². The summed E-state index contributed by atoms with van der Waals surface area (Å²) in [5, 5.41) is 9.90. The van der Waals surface area contributed by atoms with E-state index in [9.17, 15) is 14.9 Å². The van der Waals surface area contributed by atoms with Gasteiger partial charge in [-0.05, 0) is 26.0 Å². The topological polar surface area (TPSA) is 73.6 Å². The lowest BCUT2D eigenvalue weighted by molar-refractivity contribution is -0.121. The van der Waals surface area contributed by atoms with Crippen molar-refractivity contribution in [1.29, 1.82) is 5.26 Å². The molecule has 0 amide bonds. The Labute approximate surface area is 164 Å². The van der Waals surface area contributed by atoms with E-state index < -0.39 is 0 Å². The molecule has 6 nitrogen and oxygen atoms in total. The van der Waals surface area contributed by atoms with Crippen LogP contribution in [0.5, 0.6) is 0 Å². The Morgan fingerprint density at radius 1 is 1.21 bits per heavy atom. The summed E-state index contributed by atoms with van der Waals surface area (Å²) < 4.78 is 5.26. The van der Waals surface area contributed by atoms with Gasteiger partial charge >= 0.3 is 0 Å². The highest BCUT2D eigenvalue weighted by Crippen LogP contribution is 2.40. The van der Waals surface area contributed by atoms with Crippen molar-refractivity contribution < 1.29 is 14.3 Å². The van der Waals surface area contributed by atoms with Crippen molar-refractivity contribution in [2.75, 3.05) is 20.7 Å². The third kappa shape index (κ3) is 2.70. The van der Waals surface area contributed by atoms with E-state index in [0.717, 1.165) is 5.56 Å². The van der Waals surface area contributed by atoms with Gasteiger partial charge in [-0.2, -0.15) is 5.26 Å². The van der Waals surface area contributed by atoms with Crippen molar-refractivity contribution in [3.63, 3.8) is 0 Å². The molecule has 1 aromatic rings. The molecule has 144 valence electrons. The van der Waals surface area contributed by atoms with Gasteiger partial charge in [-0.15, -0.1) is 0 Å². The van der Waals surface area contributed by atoms with Crippen LogP contribution in [0.1, 0.15) is 18.9 Å². The number of ether oxygens (including phenoxy) is 1. The van der Waals surface area contributed by atoms with Crippen LogP contribution >= 0.6 is 0 Å². The van der Waals surface area contributed by atoms with Gasteiger partial charge in [0.05, 0.1) is 19.2 Å². The standard InChI is InChI=1S/C22H23N3O3/c1-13-20(26)15-9-16-17(10-23)25(11-14-7-5-4-6-8-14)12-18(24(16)2)19(15)21(27)22(13)28-3/h4-8,16-18H,9,11-12H2,1-3H3/t16-,17-,18+/m0/s1. The highest BCUT2D eigenvalue weighted by Gasteiger charge is 2.50. The maximum atomic E-state index is 13.1. The molecule has 1 fully saturated rings. The molecule has 0 aromatic heterocycles. The van der Waals surface area contributed by atoms with Crippen molar-refractivity contribution in [1.82, 2.24) is 9.80 Å². The van der Waals surface area contributed by atoms with Crippen molar-refractivity contribution in [2.24, 2.45) is 0 Å². The molecule has 3 aliphatic rings. The molecule has 1 aromatic carbocycles. The lowest BCUT2D eigenvalue weighted by atomic mass is 9.75. The molecule has 28 heavy (non-hydrogen) atoms. The molecule has 0 saturated carbocycles. The second-order valence-corrected chi connectivity index (χ2v) is 7.65. The predicted molar refractivity (Wildman–Crippen MR) is 103 cm³/mol. The summed E-state index contributed by atoms with van der Waals surface area (Å²) in [7, 11) is 3.37. The first-order chi connectivity index (χ1) is 13.5. The van der Waals surface area contributed by atoms with Crippen LogP contribution in [0.15, 0.2) is 52.8 Å². The molecule has 4 rings (SSSR count). The third-order valence-electron chi connectivity index (χ3n) is 6.22.